The zero-order valence-electron chi connectivity index (χ0n) is 11.8. The average molecular weight is 282 g/mol. The van der Waals surface area contributed by atoms with Gasteiger partial charge in [-0.2, -0.15) is 0 Å². The molecule has 0 aliphatic rings. The van der Waals surface area contributed by atoms with Gasteiger partial charge in [-0.1, -0.05) is 30.7 Å². The molecule has 0 unspecified atom stereocenters. The molecular formula is C15H20ClNO2. The Bertz CT molecular complexity index is 446. The van der Waals surface area contributed by atoms with E-state index in [1.807, 2.05) is 39.8 Å². The molecule has 1 rings (SSSR count). The van der Waals surface area contributed by atoms with Crippen molar-refractivity contribution in [1.29, 1.82) is 0 Å². The molecule has 1 atom stereocenters. The highest BCUT2D eigenvalue weighted by Gasteiger charge is 2.22. The lowest BCUT2D eigenvalue weighted by molar-refractivity contribution is -0.156. The molecule has 4 heteroatoms. The zero-order valence-corrected chi connectivity index (χ0v) is 12.6. The Balaban J connectivity index is 2.71. The molecule has 0 spiro atoms. The SMILES string of the molecule is CC[C@H](N=Cc1ccc(Cl)cc1)C(=O)OC(C)(C)C. The maximum Gasteiger partial charge on any atom is 0.331 e. The standard InChI is InChI=1S/C15H20ClNO2/c1-5-13(14(18)19-15(2,3)4)17-10-11-6-8-12(16)9-7-11/h6-10,13H,5H2,1-4H3/t13-/m0/s1. The third kappa shape index (κ3) is 5.88. The highest BCUT2D eigenvalue weighted by Crippen LogP contribution is 2.12. The quantitative estimate of drug-likeness (QED) is 0.620. The summed E-state index contributed by atoms with van der Waals surface area (Å²) in [5.74, 6) is -0.291. The maximum absolute atomic E-state index is 11.9. The van der Waals surface area contributed by atoms with Gasteiger partial charge in [0.05, 0.1) is 0 Å². The van der Waals surface area contributed by atoms with Gasteiger partial charge in [0, 0.05) is 11.2 Å². The van der Waals surface area contributed by atoms with E-state index >= 15 is 0 Å². The fourth-order valence-electron chi connectivity index (χ4n) is 1.43. The van der Waals surface area contributed by atoms with Gasteiger partial charge in [-0.3, -0.25) is 4.99 Å². The van der Waals surface area contributed by atoms with Crippen LogP contribution < -0.4 is 0 Å². The molecular weight excluding hydrogens is 262 g/mol. The first kappa shape index (κ1) is 15.7. The van der Waals surface area contributed by atoms with Crippen LogP contribution in [0.5, 0.6) is 0 Å². The number of nitrogens with zero attached hydrogens (tertiary/aromatic N) is 1. The lowest BCUT2D eigenvalue weighted by atomic mass is 10.1. The van der Waals surface area contributed by atoms with Gasteiger partial charge in [-0.05, 0) is 44.9 Å². The third-order valence-electron chi connectivity index (χ3n) is 2.34. The number of rotatable bonds is 4. The van der Waals surface area contributed by atoms with Crippen molar-refractivity contribution < 1.29 is 9.53 Å². The predicted molar refractivity (Wildman–Crippen MR) is 79.0 cm³/mol. The lowest BCUT2D eigenvalue weighted by Gasteiger charge is -2.21. The number of carbonyl (C=O) groups is 1. The molecule has 104 valence electrons. The van der Waals surface area contributed by atoms with Crippen LogP contribution in [0.25, 0.3) is 0 Å². The van der Waals surface area contributed by atoms with Crippen LogP contribution in [0.15, 0.2) is 29.3 Å². The number of ether oxygens (including phenoxy) is 1. The molecule has 0 fully saturated rings. The molecule has 0 aliphatic heterocycles. The molecule has 1 aromatic rings. The fraction of sp³-hybridized carbons (Fsp3) is 0.467. The van der Waals surface area contributed by atoms with Gasteiger partial charge in [0.1, 0.15) is 11.6 Å². The normalized spacial score (nSPS) is 13.5. The van der Waals surface area contributed by atoms with Crippen LogP contribution in [-0.4, -0.2) is 23.8 Å². The van der Waals surface area contributed by atoms with Crippen molar-refractivity contribution in [3.8, 4) is 0 Å². The topological polar surface area (TPSA) is 38.7 Å². The molecule has 0 aromatic heterocycles. The Morgan fingerprint density at radius 1 is 1.37 bits per heavy atom. The van der Waals surface area contributed by atoms with Gasteiger partial charge in [0.15, 0.2) is 0 Å². The van der Waals surface area contributed by atoms with Crippen LogP contribution >= 0.6 is 11.6 Å². The van der Waals surface area contributed by atoms with Crippen LogP contribution in [0.3, 0.4) is 0 Å². The summed E-state index contributed by atoms with van der Waals surface area (Å²) in [6.45, 7) is 7.45. The third-order valence-corrected chi connectivity index (χ3v) is 2.59. The zero-order chi connectivity index (χ0) is 14.5. The second-order valence-electron chi connectivity index (χ2n) is 5.29. The van der Waals surface area contributed by atoms with E-state index in [0.29, 0.717) is 11.4 Å². The molecule has 0 saturated carbocycles. The Morgan fingerprint density at radius 2 is 1.95 bits per heavy atom. The van der Waals surface area contributed by atoms with E-state index < -0.39 is 11.6 Å². The van der Waals surface area contributed by atoms with Crippen LogP contribution in [0, 0.1) is 0 Å². The second kappa shape index (κ2) is 6.71. The van der Waals surface area contributed by atoms with Gasteiger partial charge in [0.25, 0.3) is 0 Å². The van der Waals surface area contributed by atoms with Gasteiger partial charge < -0.3 is 4.74 Å². The molecule has 19 heavy (non-hydrogen) atoms. The van der Waals surface area contributed by atoms with E-state index in [4.69, 9.17) is 16.3 Å². The van der Waals surface area contributed by atoms with Gasteiger partial charge in [0.2, 0.25) is 0 Å². The molecule has 0 amide bonds. The summed E-state index contributed by atoms with van der Waals surface area (Å²) < 4.78 is 5.32. The van der Waals surface area contributed by atoms with E-state index in [1.165, 1.54) is 0 Å². The van der Waals surface area contributed by atoms with Gasteiger partial charge >= 0.3 is 5.97 Å². The van der Waals surface area contributed by atoms with Crippen molar-refractivity contribution in [1.82, 2.24) is 0 Å². The highest BCUT2D eigenvalue weighted by atomic mass is 35.5. The molecule has 0 saturated heterocycles. The summed E-state index contributed by atoms with van der Waals surface area (Å²) in [6, 6.07) is 6.82. The average Bonchev–Trinajstić information content (AvgIpc) is 2.30. The van der Waals surface area contributed by atoms with Crippen LogP contribution in [0.2, 0.25) is 5.02 Å². The number of esters is 1. The summed E-state index contributed by atoms with van der Waals surface area (Å²) in [7, 11) is 0. The monoisotopic (exact) mass is 281 g/mol. The predicted octanol–water partition coefficient (Wildman–Crippen LogP) is 3.88. The van der Waals surface area contributed by atoms with Crippen molar-refractivity contribution in [2.75, 3.05) is 0 Å². The van der Waals surface area contributed by atoms with Crippen molar-refractivity contribution in [2.45, 2.75) is 45.8 Å². The van der Waals surface area contributed by atoms with E-state index in [1.54, 1.807) is 18.3 Å². The molecule has 0 N–H and O–H groups in total. The second-order valence-corrected chi connectivity index (χ2v) is 5.72. The summed E-state index contributed by atoms with van der Waals surface area (Å²) in [5.41, 5.74) is 0.423. The first-order valence-electron chi connectivity index (χ1n) is 6.33. The molecule has 1 aromatic carbocycles. The summed E-state index contributed by atoms with van der Waals surface area (Å²) in [6.07, 6.45) is 2.29. The van der Waals surface area contributed by atoms with E-state index in [0.717, 1.165) is 5.56 Å². The number of benzene rings is 1. The minimum Gasteiger partial charge on any atom is -0.458 e. The molecule has 0 heterocycles. The molecule has 0 radical (unpaired) electrons. The number of aliphatic imine (C=N–C) groups is 1. The van der Waals surface area contributed by atoms with E-state index in [2.05, 4.69) is 4.99 Å². The van der Waals surface area contributed by atoms with Crippen molar-refractivity contribution in [3.63, 3.8) is 0 Å². The van der Waals surface area contributed by atoms with Crippen molar-refractivity contribution in [3.05, 3.63) is 34.9 Å². The summed E-state index contributed by atoms with van der Waals surface area (Å²) in [4.78, 5) is 16.2. The van der Waals surface area contributed by atoms with E-state index in [9.17, 15) is 4.79 Å². The maximum atomic E-state index is 11.9. The first-order valence-corrected chi connectivity index (χ1v) is 6.71. The summed E-state index contributed by atoms with van der Waals surface area (Å²) >= 11 is 5.81. The van der Waals surface area contributed by atoms with Crippen LogP contribution in [0.4, 0.5) is 0 Å². The Hall–Kier alpha value is -1.35. The first-order chi connectivity index (χ1) is 8.81. The smallest absolute Gasteiger partial charge is 0.331 e. The minimum absolute atomic E-state index is 0.291. The van der Waals surface area contributed by atoms with Crippen LogP contribution in [0.1, 0.15) is 39.7 Å². The van der Waals surface area contributed by atoms with Gasteiger partial charge in [-0.25, -0.2) is 4.79 Å². The van der Waals surface area contributed by atoms with Crippen molar-refractivity contribution in [2.24, 2.45) is 4.99 Å². The number of halogens is 1. The fourth-order valence-corrected chi connectivity index (χ4v) is 1.55. The number of carbonyl (C=O) groups excluding carboxylic acids is 1. The lowest BCUT2D eigenvalue weighted by Crippen LogP contribution is -2.30. The number of hydrogen-bond donors (Lipinski definition) is 0. The Labute approximate surface area is 119 Å². The summed E-state index contributed by atoms with van der Waals surface area (Å²) in [5, 5.41) is 0.677. The van der Waals surface area contributed by atoms with E-state index in [-0.39, 0.29) is 5.97 Å². The Morgan fingerprint density at radius 3 is 2.42 bits per heavy atom. The Kier molecular flexibility index (Phi) is 5.55. The molecule has 3 nitrogen and oxygen atoms in total. The number of hydrogen-bond acceptors (Lipinski definition) is 3. The van der Waals surface area contributed by atoms with Gasteiger partial charge in [-0.15, -0.1) is 0 Å². The largest absolute Gasteiger partial charge is 0.458 e. The van der Waals surface area contributed by atoms with Crippen molar-refractivity contribution >= 4 is 23.8 Å². The van der Waals surface area contributed by atoms with Crippen LogP contribution in [-0.2, 0) is 9.53 Å². The molecule has 0 aliphatic carbocycles. The molecule has 0 bridgehead atoms. The minimum atomic E-state index is -0.486. The highest BCUT2D eigenvalue weighted by molar-refractivity contribution is 6.30.